The van der Waals surface area contributed by atoms with Crippen molar-refractivity contribution in [3.8, 4) is 0 Å². The molecule has 2 N–H and O–H groups in total. The van der Waals surface area contributed by atoms with Gasteiger partial charge in [-0.2, -0.15) is 0 Å². The average molecular weight is 248 g/mol. The molecule has 0 atom stereocenters. The molecule has 1 aliphatic heterocycles. The summed E-state index contributed by atoms with van der Waals surface area (Å²) in [6, 6.07) is 4.19. The number of piperazine rings is 1. The number of nitrogens with two attached hydrogens (primary N) is 1. The zero-order chi connectivity index (χ0) is 13.0. The lowest BCUT2D eigenvalue weighted by molar-refractivity contribution is 0.258. The molecule has 0 aliphatic carbocycles. The summed E-state index contributed by atoms with van der Waals surface area (Å²) in [5.41, 5.74) is 7.96. The monoisotopic (exact) mass is 248 g/mol. The molecule has 0 radical (unpaired) electrons. The van der Waals surface area contributed by atoms with E-state index in [0.29, 0.717) is 6.54 Å². The molecular weight excluding hydrogens is 224 g/mol. The first kappa shape index (κ1) is 13.3. The Morgan fingerprint density at radius 1 is 1.22 bits per heavy atom. The summed E-state index contributed by atoms with van der Waals surface area (Å²) in [5.74, 6) is 1.09. The Labute approximate surface area is 110 Å². The summed E-state index contributed by atoms with van der Waals surface area (Å²) in [6.45, 7) is 10.5. The summed E-state index contributed by atoms with van der Waals surface area (Å²) >= 11 is 0. The predicted octanol–water partition coefficient (Wildman–Crippen LogP) is 1.38. The van der Waals surface area contributed by atoms with E-state index in [-0.39, 0.29) is 0 Å². The molecular formula is C14H24N4. The van der Waals surface area contributed by atoms with Crippen LogP contribution < -0.4 is 10.6 Å². The maximum atomic E-state index is 5.72. The lowest BCUT2D eigenvalue weighted by Gasteiger charge is -2.35. The van der Waals surface area contributed by atoms with Crippen LogP contribution in [0.25, 0.3) is 0 Å². The van der Waals surface area contributed by atoms with Crippen LogP contribution in [0.2, 0.25) is 0 Å². The second kappa shape index (κ2) is 6.16. The van der Waals surface area contributed by atoms with Crippen molar-refractivity contribution in [2.45, 2.75) is 26.8 Å². The lowest BCUT2D eigenvalue weighted by Crippen LogP contribution is -2.46. The van der Waals surface area contributed by atoms with Gasteiger partial charge >= 0.3 is 0 Å². The van der Waals surface area contributed by atoms with Gasteiger partial charge in [0.15, 0.2) is 0 Å². The molecule has 4 heteroatoms. The molecule has 4 nitrogen and oxygen atoms in total. The Morgan fingerprint density at radius 3 is 2.56 bits per heavy atom. The van der Waals surface area contributed by atoms with Crippen molar-refractivity contribution in [3.63, 3.8) is 0 Å². The van der Waals surface area contributed by atoms with Crippen molar-refractivity contribution in [2.75, 3.05) is 37.6 Å². The van der Waals surface area contributed by atoms with Gasteiger partial charge in [0.2, 0.25) is 0 Å². The van der Waals surface area contributed by atoms with E-state index in [1.165, 1.54) is 18.5 Å². The quantitative estimate of drug-likeness (QED) is 0.874. The molecule has 0 amide bonds. The largest absolute Gasteiger partial charge is 0.354 e. The standard InChI is InChI=1S/C14H24N4/c1-3-4-17-5-7-18(8-6-17)14-10-13(11-15)9-12(2)16-14/h9-10H,3-8,11,15H2,1-2H3. The Kier molecular flexibility index (Phi) is 4.55. The fourth-order valence-electron chi connectivity index (χ4n) is 2.52. The smallest absolute Gasteiger partial charge is 0.129 e. The number of aromatic nitrogens is 1. The molecule has 0 bridgehead atoms. The van der Waals surface area contributed by atoms with Crippen LogP contribution in [0.4, 0.5) is 5.82 Å². The molecule has 1 saturated heterocycles. The van der Waals surface area contributed by atoms with Gasteiger partial charge < -0.3 is 10.6 Å². The average Bonchev–Trinajstić information content (AvgIpc) is 2.39. The molecule has 1 fully saturated rings. The highest BCUT2D eigenvalue weighted by atomic mass is 15.3. The molecule has 1 aromatic rings. The number of hydrogen-bond donors (Lipinski definition) is 1. The topological polar surface area (TPSA) is 45.4 Å². The van der Waals surface area contributed by atoms with Crippen LogP contribution in [0.15, 0.2) is 12.1 Å². The van der Waals surface area contributed by atoms with E-state index in [1.54, 1.807) is 0 Å². The van der Waals surface area contributed by atoms with Gasteiger partial charge in [-0.3, -0.25) is 4.90 Å². The molecule has 0 aromatic carbocycles. The second-order valence-electron chi connectivity index (χ2n) is 5.01. The van der Waals surface area contributed by atoms with Gasteiger partial charge in [0.25, 0.3) is 0 Å². The minimum atomic E-state index is 0.589. The van der Waals surface area contributed by atoms with E-state index >= 15 is 0 Å². The molecule has 1 aliphatic rings. The molecule has 18 heavy (non-hydrogen) atoms. The van der Waals surface area contributed by atoms with Crippen LogP contribution in [0.3, 0.4) is 0 Å². The van der Waals surface area contributed by atoms with Crippen molar-refractivity contribution in [1.82, 2.24) is 9.88 Å². The van der Waals surface area contributed by atoms with Crippen LogP contribution in [0.1, 0.15) is 24.6 Å². The minimum absolute atomic E-state index is 0.589. The van der Waals surface area contributed by atoms with E-state index in [0.717, 1.165) is 37.7 Å². The van der Waals surface area contributed by atoms with E-state index in [9.17, 15) is 0 Å². The highest BCUT2D eigenvalue weighted by Crippen LogP contribution is 2.16. The maximum absolute atomic E-state index is 5.72. The van der Waals surface area contributed by atoms with E-state index in [4.69, 9.17) is 5.73 Å². The first-order valence-electron chi connectivity index (χ1n) is 6.88. The van der Waals surface area contributed by atoms with Gasteiger partial charge in [-0.15, -0.1) is 0 Å². The zero-order valence-electron chi connectivity index (χ0n) is 11.5. The first-order chi connectivity index (χ1) is 8.72. The Hall–Kier alpha value is -1.13. The Balaban J connectivity index is 2.02. The van der Waals surface area contributed by atoms with Crippen molar-refractivity contribution in [1.29, 1.82) is 0 Å². The molecule has 2 rings (SSSR count). The van der Waals surface area contributed by atoms with E-state index < -0.39 is 0 Å². The number of nitrogens with zero attached hydrogens (tertiary/aromatic N) is 3. The van der Waals surface area contributed by atoms with Gasteiger partial charge in [0.05, 0.1) is 0 Å². The summed E-state index contributed by atoms with van der Waals surface area (Å²) in [6.07, 6.45) is 1.24. The number of pyridine rings is 1. The first-order valence-corrected chi connectivity index (χ1v) is 6.88. The zero-order valence-corrected chi connectivity index (χ0v) is 11.5. The van der Waals surface area contributed by atoms with Gasteiger partial charge in [-0.05, 0) is 37.6 Å². The fourth-order valence-corrected chi connectivity index (χ4v) is 2.52. The third-order valence-electron chi connectivity index (χ3n) is 3.47. The lowest BCUT2D eigenvalue weighted by atomic mass is 10.2. The van der Waals surface area contributed by atoms with Crippen molar-refractivity contribution in [2.24, 2.45) is 5.73 Å². The van der Waals surface area contributed by atoms with Crippen LogP contribution in [-0.4, -0.2) is 42.6 Å². The Morgan fingerprint density at radius 2 is 1.94 bits per heavy atom. The predicted molar refractivity (Wildman–Crippen MR) is 75.8 cm³/mol. The normalized spacial score (nSPS) is 17.2. The van der Waals surface area contributed by atoms with Crippen LogP contribution in [-0.2, 0) is 6.54 Å². The van der Waals surface area contributed by atoms with Crippen molar-refractivity contribution < 1.29 is 0 Å². The third-order valence-corrected chi connectivity index (χ3v) is 3.47. The fraction of sp³-hybridized carbons (Fsp3) is 0.643. The second-order valence-corrected chi connectivity index (χ2v) is 5.01. The molecule has 1 aromatic heterocycles. The maximum Gasteiger partial charge on any atom is 0.129 e. The summed E-state index contributed by atoms with van der Waals surface area (Å²) in [7, 11) is 0. The SMILES string of the molecule is CCCN1CCN(c2cc(CN)cc(C)n2)CC1. The minimum Gasteiger partial charge on any atom is -0.354 e. The molecule has 0 spiro atoms. The van der Waals surface area contributed by atoms with Gasteiger partial charge in [0.1, 0.15) is 5.82 Å². The van der Waals surface area contributed by atoms with Gasteiger partial charge in [-0.1, -0.05) is 6.92 Å². The molecule has 2 heterocycles. The summed E-state index contributed by atoms with van der Waals surface area (Å²) in [5, 5.41) is 0. The van der Waals surface area contributed by atoms with Crippen LogP contribution in [0, 0.1) is 6.92 Å². The number of aryl methyl sites for hydroxylation is 1. The molecule has 100 valence electrons. The van der Waals surface area contributed by atoms with E-state index in [2.05, 4.69) is 33.8 Å². The highest BCUT2D eigenvalue weighted by Gasteiger charge is 2.17. The van der Waals surface area contributed by atoms with Crippen LogP contribution >= 0.6 is 0 Å². The highest BCUT2D eigenvalue weighted by molar-refractivity contribution is 5.43. The molecule has 0 unspecified atom stereocenters. The Bertz CT molecular complexity index is 383. The van der Waals surface area contributed by atoms with Gasteiger partial charge in [0, 0.05) is 38.4 Å². The van der Waals surface area contributed by atoms with Crippen molar-refractivity contribution in [3.05, 3.63) is 23.4 Å². The van der Waals surface area contributed by atoms with Gasteiger partial charge in [-0.25, -0.2) is 4.98 Å². The van der Waals surface area contributed by atoms with E-state index in [1.807, 2.05) is 6.92 Å². The molecule has 0 saturated carbocycles. The number of hydrogen-bond acceptors (Lipinski definition) is 4. The number of rotatable bonds is 4. The van der Waals surface area contributed by atoms with Crippen molar-refractivity contribution >= 4 is 5.82 Å². The summed E-state index contributed by atoms with van der Waals surface area (Å²) in [4.78, 5) is 9.53. The van der Waals surface area contributed by atoms with Crippen LogP contribution in [0.5, 0.6) is 0 Å². The number of anilines is 1. The summed E-state index contributed by atoms with van der Waals surface area (Å²) < 4.78 is 0. The third kappa shape index (κ3) is 3.21.